The number of rotatable bonds is 9. The number of hydrogen-bond acceptors (Lipinski definition) is 4. The Morgan fingerprint density at radius 3 is 2.87 bits per heavy atom. The highest BCUT2D eigenvalue weighted by atomic mass is 16.6. The topological polar surface area (TPSA) is 75.6 Å². The molecule has 88 valence electrons. The summed E-state index contributed by atoms with van der Waals surface area (Å²) < 4.78 is 4.83. The van der Waals surface area contributed by atoms with Crippen LogP contribution in [0.4, 0.5) is 0 Å². The summed E-state index contributed by atoms with van der Waals surface area (Å²) in [6, 6.07) is 0. The Kier molecular flexibility index (Phi) is 9.01. The second-order valence-corrected chi connectivity index (χ2v) is 3.23. The lowest BCUT2D eigenvalue weighted by molar-refractivity contribution is -0.122. The molecular weight excluding hydrogens is 198 g/mol. The number of amides is 1. The molecule has 5 nitrogen and oxygen atoms in total. The van der Waals surface area contributed by atoms with Gasteiger partial charge in [-0.25, -0.2) is 0 Å². The number of carbonyl (C=O) groups excluding carboxylic acids is 2. The number of hydrogen-bond donors (Lipinski definition) is 2. The van der Waals surface area contributed by atoms with Gasteiger partial charge in [-0.1, -0.05) is 0 Å². The zero-order valence-corrected chi connectivity index (χ0v) is 9.07. The minimum Gasteiger partial charge on any atom is -0.368 e. The van der Waals surface area contributed by atoms with Gasteiger partial charge in [0.2, 0.25) is 5.91 Å². The molecule has 0 saturated heterocycles. The second-order valence-electron chi connectivity index (χ2n) is 3.23. The van der Waals surface area contributed by atoms with Gasteiger partial charge < -0.3 is 20.0 Å². The molecule has 0 saturated carbocycles. The van der Waals surface area contributed by atoms with Gasteiger partial charge in [0.05, 0.1) is 6.61 Å². The Bertz CT molecular complexity index is 182. The third kappa shape index (κ3) is 11.0. The van der Waals surface area contributed by atoms with Crippen molar-refractivity contribution in [2.75, 3.05) is 13.2 Å². The van der Waals surface area contributed by atoms with E-state index in [9.17, 15) is 9.59 Å². The summed E-state index contributed by atoms with van der Waals surface area (Å²) in [7, 11) is 0. The molecule has 0 aromatic heterocycles. The van der Waals surface area contributed by atoms with Crippen LogP contribution in [-0.2, 0) is 14.3 Å². The molecule has 1 unspecified atom stereocenters. The standard InChI is InChI=1S/C10H19NO4/c1-9(13)15-8-6-11-10(14)5-3-2-4-7-12/h7,9,13H,2-6,8H2,1H3,(H,11,14). The molecule has 0 spiro atoms. The molecule has 0 radical (unpaired) electrons. The number of aliphatic hydroxyl groups excluding tert-OH is 1. The zero-order chi connectivity index (χ0) is 11.5. The van der Waals surface area contributed by atoms with Crippen molar-refractivity contribution in [3.63, 3.8) is 0 Å². The van der Waals surface area contributed by atoms with E-state index in [0.29, 0.717) is 26.0 Å². The Morgan fingerprint density at radius 1 is 1.53 bits per heavy atom. The molecule has 0 aromatic carbocycles. The average Bonchev–Trinajstić information content (AvgIpc) is 2.19. The molecule has 0 aliphatic carbocycles. The molecule has 0 bridgehead atoms. The van der Waals surface area contributed by atoms with Crippen molar-refractivity contribution in [3.8, 4) is 0 Å². The van der Waals surface area contributed by atoms with E-state index in [-0.39, 0.29) is 5.91 Å². The molecule has 0 aromatic rings. The molecule has 5 heteroatoms. The molecule has 2 N–H and O–H groups in total. The fourth-order valence-electron chi connectivity index (χ4n) is 1.02. The number of nitrogens with one attached hydrogen (secondary N) is 1. The van der Waals surface area contributed by atoms with E-state index in [1.165, 1.54) is 6.92 Å². The van der Waals surface area contributed by atoms with Crippen molar-refractivity contribution in [1.82, 2.24) is 5.32 Å². The van der Waals surface area contributed by atoms with Crippen molar-refractivity contribution >= 4 is 12.2 Å². The Morgan fingerprint density at radius 2 is 2.27 bits per heavy atom. The van der Waals surface area contributed by atoms with Gasteiger partial charge in [0.15, 0.2) is 6.29 Å². The van der Waals surface area contributed by atoms with Crippen LogP contribution in [0.2, 0.25) is 0 Å². The van der Waals surface area contributed by atoms with Crippen LogP contribution in [-0.4, -0.2) is 36.7 Å². The first-order chi connectivity index (χ1) is 7.16. The first-order valence-corrected chi connectivity index (χ1v) is 5.17. The summed E-state index contributed by atoms with van der Waals surface area (Å²) in [6.07, 6.45) is 2.48. The van der Waals surface area contributed by atoms with Gasteiger partial charge in [-0.05, 0) is 19.8 Å². The van der Waals surface area contributed by atoms with E-state index < -0.39 is 6.29 Å². The second kappa shape index (κ2) is 9.61. The lowest BCUT2D eigenvalue weighted by Crippen LogP contribution is -2.28. The van der Waals surface area contributed by atoms with Crippen molar-refractivity contribution in [2.45, 2.75) is 38.9 Å². The van der Waals surface area contributed by atoms with Gasteiger partial charge in [-0.3, -0.25) is 4.79 Å². The maximum Gasteiger partial charge on any atom is 0.220 e. The summed E-state index contributed by atoms with van der Waals surface area (Å²) in [6.45, 7) is 2.22. The van der Waals surface area contributed by atoms with Gasteiger partial charge >= 0.3 is 0 Å². The van der Waals surface area contributed by atoms with Gasteiger partial charge in [-0.2, -0.15) is 0 Å². The average molecular weight is 217 g/mol. The number of ether oxygens (including phenoxy) is 1. The van der Waals surface area contributed by atoms with E-state index in [1.807, 2.05) is 0 Å². The van der Waals surface area contributed by atoms with Crippen molar-refractivity contribution in [2.24, 2.45) is 0 Å². The van der Waals surface area contributed by atoms with Crippen LogP contribution >= 0.6 is 0 Å². The van der Waals surface area contributed by atoms with Crippen LogP contribution in [0.3, 0.4) is 0 Å². The normalized spacial score (nSPS) is 12.1. The highest BCUT2D eigenvalue weighted by Crippen LogP contribution is 1.97. The first-order valence-electron chi connectivity index (χ1n) is 5.17. The van der Waals surface area contributed by atoms with E-state index in [2.05, 4.69) is 5.32 Å². The predicted octanol–water partition coefficient (Wildman–Crippen LogP) is 0.217. The maximum atomic E-state index is 11.1. The summed E-state index contributed by atoms with van der Waals surface area (Å²) in [4.78, 5) is 21.1. The van der Waals surface area contributed by atoms with Crippen LogP contribution < -0.4 is 5.32 Å². The molecule has 0 fully saturated rings. The number of aliphatic hydroxyl groups is 1. The monoisotopic (exact) mass is 217 g/mol. The Labute approximate surface area is 89.8 Å². The predicted molar refractivity (Wildman–Crippen MR) is 55.2 cm³/mol. The van der Waals surface area contributed by atoms with E-state index in [4.69, 9.17) is 9.84 Å². The lowest BCUT2D eigenvalue weighted by atomic mass is 10.2. The fraction of sp³-hybridized carbons (Fsp3) is 0.800. The third-order valence-electron chi connectivity index (χ3n) is 1.76. The lowest BCUT2D eigenvalue weighted by Gasteiger charge is -2.07. The SMILES string of the molecule is CC(O)OCCNC(=O)CCCCC=O. The molecule has 0 aliphatic rings. The number of carbonyl (C=O) groups is 2. The van der Waals surface area contributed by atoms with E-state index in [1.54, 1.807) is 0 Å². The maximum absolute atomic E-state index is 11.1. The zero-order valence-electron chi connectivity index (χ0n) is 9.07. The highest BCUT2D eigenvalue weighted by molar-refractivity contribution is 5.75. The van der Waals surface area contributed by atoms with Crippen molar-refractivity contribution in [1.29, 1.82) is 0 Å². The summed E-state index contributed by atoms with van der Waals surface area (Å²) in [5.74, 6) is -0.0462. The molecule has 15 heavy (non-hydrogen) atoms. The van der Waals surface area contributed by atoms with Crippen LogP contribution in [0, 0.1) is 0 Å². The third-order valence-corrected chi connectivity index (χ3v) is 1.76. The quantitative estimate of drug-likeness (QED) is 0.329. The van der Waals surface area contributed by atoms with Gasteiger partial charge in [0.25, 0.3) is 0 Å². The van der Waals surface area contributed by atoms with Crippen LogP contribution in [0.25, 0.3) is 0 Å². The van der Waals surface area contributed by atoms with Gasteiger partial charge in [-0.15, -0.1) is 0 Å². The molecular formula is C10H19NO4. The van der Waals surface area contributed by atoms with Crippen molar-refractivity contribution < 1.29 is 19.4 Å². The molecule has 1 atom stereocenters. The molecule has 0 heterocycles. The minimum absolute atomic E-state index is 0.0462. The number of unbranched alkanes of at least 4 members (excludes halogenated alkanes) is 2. The van der Waals surface area contributed by atoms with Crippen LogP contribution in [0.15, 0.2) is 0 Å². The smallest absolute Gasteiger partial charge is 0.220 e. The van der Waals surface area contributed by atoms with E-state index >= 15 is 0 Å². The van der Waals surface area contributed by atoms with Crippen molar-refractivity contribution in [3.05, 3.63) is 0 Å². The largest absolute Gasteiger partial charge is 0.368 e. The van der Waals surface area contributed by atoms with Crippen LogP contribution in [0.5, 0.6) is 0 Å². The number of aldehydes is 1. The first kappa shape index (κ1) is 14.1. The fourth-order valence-corrected chi connectivity index (χ4v) is 1.02. The van der Waals surface area contributed by atoms with E-state index in [0.717, 1.165) is 19.1 Å². The van der Waals surface area contributed by atoms with Gasteiger partial charge in [0.1, 0.15) is 6.29 Å². The molecule has 0 rings (SSSR count). The Balaban J connectivity index is 3.22. The Hall–Kier alpha value is -0.940. The summed E-state index contributed by atoms with van der Waals surface area (Å²) in [5, 5.41) is 11.4. The highest BCUT2D eigenvalue weighted by Gasteiger charge is 2.00. The van der Waals surface area contributed by atoms with Crippen LogP contribution in [0.1, 0.15) is 32.6 Å². The molecule has 0 aliphatic heterocycles. The molecule has 1 amide bonds. The summed E-state index contributed by atoms with van der Waals surface area (Å²) >= 11 is 0. The van der Waals surface area contributed by atoms with Gasteiger partial charge in [0, 0.05) is 19.4 Å². The summed E-state index contributed by atoms with van der Waals surface area (Å²) in [5.41, 5.74) is 0. The minimum atomic E-state index is -0.797.